The van der Waals surface area contributed by atoms with Crippen LogP contribution in [-0.2, 0) is 16.1 Å². The van der Waals surface area contributed by atoms with E-state index >= 15 is 0 Å². The number of rotatable bonds is 6. The topological polar surface area (TPSA) is 86.3 Å². The molecule has 1 aliphatic rings. The molecule has 0 radical (unpaired) electrons. The van der Waals surface area contributed by atoms with Crippen LogP contribution in [0.1, 0.15) is 78.6 Å². The van der Waals surface area contributed by atoms with Gasteiger partial charge in [0.2, 0.25) is 0 Å². The minimum atomic E-state index is -1.23. The van der Waals surface area contributed by atoms with E-state index in [1.165, 1.54) is 12.8 Å². The third-order valence-corrected chi connectivity index (χ3v) is 5.69. The Morgan fingerprint density at radius 3 is 2.46 bits per heavy atom. The van der Waals surface area contributed by atoms with Gasteiger partial charge >= 0.3 is 6.09 Å². The number of ether oxygens (including phenoxy) is 1. The van der Waals surface area contributed by atoms with Crippen molar-refractivity contribution in [1.82, 2.24) is 9.71 Å². The molecule has 1 fully saturated rings. The summed E-state index contributed by atoms with van der Waals surface area (Å²) >= 11 is -1.23. The van der Waals surface area contributed by atoms with Gasteiger partial charge in [-0.1, -0.05) is 12.2 Å². The largest absolute Gasteiger partial charge is 0.598 e. The summed E-state index contributed by atoms with van der Waals surface area (Å²) in [5.41, 5.74) is 1.11. The van der Waals surface area contributed by atoms with Gasteiger partial charge in [-0.25, -0.2) is 9.78 Å². The molecule has 0 unspecified atom stereocenters. The van der Waals surface area contributed by atoms with Crippen molar-refractivity contribution in [2.75, 3.05) is 5.32 Å². The fraction of sp³-hybridized carbons (Fsp3) is 0.619. The number of carbonyl (C=O) groups excluding carboxylic acids is 1. The van der Waals surface area contributed by atoms with Crippen LogP contribution in [0.15, 0.2) is 18.2 Å². The van der Waals surface area contributed by atoms with Gasteiger partial charge in [0.15, 0.2) is 0 Å². The number of hydrogen-bond donors (Lipinski definition) is 2. The molecule has 156 valence electrons. The molecule has 0 saturated heterocycles. The lowest BCUT2D eigenvalue weighted by Crippen LogP contribution is -2.40. The summed E-state index contributed by atoms with van der Waals surface area (Å²) in [6.07, 6.45) is 6.15. The first-order valence-corrected chi connectivity index (χ1v) is 10.9. The van der Waals surface area contributed by atoms with Crippen LogP contribution < -0.4 is 10.0 Å². The fourth-order valence-electron chi connectivity index (χ4n) is 2.37. The summed E-state index contributed by atoms with van der Waals surface area (Å²) < 4.78 is 20.6. The highest BCUT2D eigenvalue weighted by molar-refractivity contribution is 7.90. The van der Waals surface area contributed by atoms with Crippen molar-refractivity contribution in [2.24, 2.45) is 5.92 Å². The minimum Gasteiger partial charge on any atom is -0.598 e. The second-order valence-corrected chi connectivity index (χ2v) is 11.2. The molecule has 0 spiro atoms. The Labute approximate surface area is 171 Å². The average molecular weight is 408 g/mol. The SMILES string of the molecule is C[C@@H](N[S@+]([O-])C(C)(C)C)c1nc(NC(=O)OC(C)(C)C)ccc1/C=C/C1CC1. The number of anilines is 1. The van der Waals surface area contributed by atoms with Gasteiger partial charge in [0.25, 0.3) is 0 Å². The summed E-state index contributed by atoms with van der Waals surface area (Å²) in [6.45, 7) is 13.1. The first kappa shape index (κ1) is 22.7. The van der Waals surface area contributed by atoms with Gasteiger partial charge in [-0.3, -0.25) is 5.32 Å². The zero-order valence-electron chi connectivity index (χ0n) is 18.0. The highest BCUT2D eigenvalue weighted by Gasteiger charge is 2.29. The first-order valence-electron chi connectivity index (χ1n) is 9.72. The number of nitrogens with zero attached hydrogens (tertiary/aromatic N) is 1. The Balaban J connectivity index is 2.23. The number of aromatic nitrogens is 1. The van der Waals surface area contributed by atoms with Gasteiger partial charge in [-0.15, -0.1) is 4.72 Å². The standard InChI is InChI=1S/C21H33N3O3S/c1-14(24-28(26)21(5,6)7)18-16(11-10-15-8-9-15)12-13-17(22-18)23-19(25)27-20(2,3)4/h10-15,24H,8-9H2,1-7H3,(H,22,23,25)/b11-10+/t14-,28-/m1/s1. The summed E-state index contributed by atoms with van der Waals surface area (Å²) in [6, 6.07) is 3.43. The molecule has 1 aromatic heterocycles. The van der Waals surface area contributed by atoms with Gasteiger partial charge in [-0.05, 0) is 84.9 Å². The molecule has 1 amide bonds. The van der Waals surface area contributed by atoms with E-state index in [0.717, 1.165) is 11.3 Å². The lowest BCUT2D eigenvalue weighted by molar-refractivity contribution is 0.0635. The molecule has 2 N–H and O–H groups in total. The van der Waals surface area contributed by atoms with Crippen LogP contribution >= 0.6 is 0 Å². The van der Waals surface area contributed by atoms with Gasteiger partial charge in [-0.2, -0.15) is 0 Å². The number of carbonyl (C=O) groups is 1. The molecule has 2 rings (SSSR count). The highest BCUT2D eigenvalue weighted by Crippen LogP contribution is 2.32. The molecule has 0 aromatic carbocycles. The Kier molecular flexibility index (Phi) is 7.17. The summed E-state index contributed by atoms with van der Waals surface area (Å²) in [4.78, 5) is 16.7. The number of hydrogen-bond acceptors (Lipinski definition) is 5. The molecule has 0 aliphatic heterocycles. The third kappa shape index (κ3) is 7.45. The van der Waals surface area contributed by atoms with E-state index in [-0.39, 0.29) is 10.8 Å². The zero-order chi connectivity index (χ0) is 21.1. The minimum absolute atomic E-state index is 0.251. The van der Waals surface area contributed by atoms with Gasteiger partial charge in [0.1, 0.15) is 16.2 Å². The number of amides is 1. The monoisotopic (exact) mass is 407 g/mol. The Bertz CT molecular complexity index is 719. The quantitative estimate of drug-likeness (QED) is 0.651. The first-order chi connectivity index (χ1) is 12.8. The smallest absolute Gasteiger partial charge is 0.413 e. The van der Waals surface area contributed by atoms with Crippen molar-refractivity contribution in [2.45, 2.75) is 77.7 Å². The Morgan fingerprint density at radius 1 is 1.29 bits per heavy atom. The molecule has 6 nitrogen and oxygen atoms in total. The normalized spacial score (nSPS) is 17.4. The maximum atomic E-state index is 12.5. The van der Waals surface area contributed by atoms with Crippen molar-refractivity contribution >= 4 is 29.3 Å². The second-order valence-electron chi connectivity index (χ2n) is 9.22. The van der Waals surface area contributed by atoms with Crippen LogP contribution in [0.4, 0.5) is 10.6 Å². The second kappa shape index (κ2) is 8.84. The molecule has 1 aromatic rings. The Morgan fingerprint density at radius 2 is 1.93 bits per heavy atom. The third-order valence-electron chi connectivity index (χ3n) is 4.01. The average Bonchev–Trinajstić information content (AvgIpc) is 3.34. The molecule has 0 bridgehead atoms. The maximum Gasteiger partial charge on any atom is 0.413 e. The maximum absolute atomic E-state index is 12.5. The summed E-state index contributed by atoms with van der Waals surface area (Å²) in [7, 11) is 0. The van der Waals surface area contributed by atoms with E-state index in [4.69, 9.17) is 4.74 Å². The van der Waals surface area contributed by atoms with Gasteiger partial charge in [0.05, 0.1) is 11.7 Å². The fourth-order valence-corrected chi connectivity index (χ4v) is 3.16. The van der Waals surface area contributed by atoms with Crippen LogP contribution in [0.3, 0.4) is 0 Å². The van der Waals surface area contributed by atoms with Crippen LogP contribution in [0, 0.1) is 5.92 Å². The summed E-state index contributed by atoms with van der Waals surface area (Å²) in [5, 5.41) is 2.68. The lowest BCUT2D eigenvalue weighted by Gasteiger charge is -2.27. The van der Waals surface area contributed by atoms with E-state index in [1.807, 2.05) is 54.5 Å². The number of allylic oxidation sites excluding steroid dienone is 1. The highest BCUT2D eigenvalue weighted by atomic mass is 32.2. The van der Waals surface area contributed by atoms with Crippen LogP contribution in [-0.4, -0.2) is 26.0 Å². The molecule has 1 saturated carbocycles. The lowest BCUT2D eigenvalue weighted by atomic mass is 10.1. The van der Waals surface area contributed by atoms with Crippen molar-refractivity contribution < 1.29 is 14.1 Å². The summed E-state index contributed by atoms with van der Waals surface area (Å²) in [5.74, 6) is 1.04. The van der Waals surface area contributed by atoms with Gasteiger partial charge < -0.3 is 9.29 Å². The predicted octanol–water partition coefficient (Wildman–Crippen LogP) is 4.96. The van der Waals surface area contributed by atoms with Crippen molar-refractivity contribution in [3.8, 4) is 0 Å². The zero-order valence-corrected chi connectivity index (χ0v) is 18.8. The van der Waals surface area contributed by atoms with Crippen molar-refractivity contribution in [1.29, 1.82) is 0 Å². The molecule has 1 heterocycles. The molecule has 1 aliphatic carbocycles. The molecule has 2 atom stereocenters. The molecule has 7 heteroatoms. The molecular formula is C21H33N3O3S. The van der Waals surface area contributed by atoms with Crippen LogP contribution in [0.25, 0.3) is 6.08 Å². The van der Waals surface area contributed by atoms with E-state index in [2.05, 4.69) is 27.2 Å². The number of nitrogens with one attached hydrogen (secondary N) is 2. The van der Waals surface area contributed by atoms with E-state index < -0.39 is 23.1 Å². The number of pyridine rings is 1. The van der Waals surface area contributed by atoms with E-state index in [1.54, 1.807) is 6.07 Å². The molecular weight excluding hydrogens is 374 g/mol. The predicted molar refractivity (Wildman–Crippen MR) is 115 cm³/mol. The van der Waals surface area contributed by atoms with E-state index in [9.17, 15) is 9.35 Å². The van der Waals surface area contributed by atoms with Crippen molar-refractivity contribution in [3.05, 3.63) is 29.5 Å². The molecule has 28 heavy (non-hydrogen) atoms. The van der Waals surface area contributed by atoms with Crippen LogP contribution in [0.5, 0.6) is 0 Å². The van der Waals surface area contributed by atoms with Crippen LogP contribution in [0.2, 0.25) is 0 Å². The van der Waals surface area contributed by atoms with E-state index in [0.29, 0.717) is 11.7 Å². The van der Waals surface area contributed by atoms with Gasteiger partial charge in [0, 0.05) is 11.4 Å². The van der Waals surface area contributed by atoms with Crippen molar-refractivity contribution in [3.63, 3.8) is 0 Å². The Hall–Kier alpha value is -1.57.